The highest BCUT2D eigenvalue weighted by Crippen LogP contribution is 2.36. The molecule has 1 spiro atoms. The minimum absolute atomic E-state index is 0.576. The van der Waals surface area contributed by atoms with Gasteiger partial charge >= 0.3 is 0 Å². The van der Waals surface area contributed by atoms with E-state index in [4.69, 9.17) is 0 Å². The highest BCUT2D eigenvalue weighted by Gasteiger charge is 2.44. The van der Waals surface area contributed by atoms with E-state index < -0.39 is 0 Å². The summed E-state index contributed by atoms with van der Waals surface area (Å²) in [7, 11) is 6.40. The second-order valence-electron chi connectivity index (χ2n) is 6.83. The van der Waals surface area contributed by atoms with Crippen LogP contribution in [0.1, 0.15) is 53.4 Å². The molecule has 0 radical (unpaired) electrons. The first-order valence-corrected chi connectivity index (χ1v) is 9.27. The SMILES string of the molecule is CC.CN1CCNC2(CC2)C1.CNCCCCN(C)C(C)C. The largest absolute Gasteiger partial charge is 0.320 e. The summed E-state index contributed by atoms with van der Waals surface area (Å²) >= 11 is 0. The second kappa shape index (κ2) is 12.3. The Hall–Kier alpha value is -0.160. The summed E-state index contributed by atoms with van der Waals surface area (Å²) in [4.78, 5) is 4.80. The molecule has 1 aliphatic carbocycles. The first-order chi connectivity index (χ1) is 10.5. The predicted molar refractivity (Wildman–Crippen MR) is 99.7 cm³/mol. The molecule has 0 aromatic rings. The van der Waals surface area contributed by atoms with Crippen molar-refractivity contribution in [3.63, 3.8) is 0 Å². The molecular weight excluding hydrogens is 272 g/mol. The monoisotopic (exact) mass is 314 g/mol. The van der Waals surface area contributed by atoms with Crippen molar-refractivity contribution < 1.29 is 0 Å². The lowest BCUT2D eigenvalue weighted by atomic mass is 10.2. The predicted octanol–water partition coefficient (Wildman–Crippen LogP) is 2.41. The summed E-state index contributed by atoms with van der Waals surface area (Å²) in [6.45, 7) is 14.5. The third-order valence-electron chi connectivity index (χ3n) is 4.49. The zero-order valence-electron chi connectivity index (χ0n) is 16.3. The van der Waals surface area contributed by atoms with Crippen LogP contribution in [0.5, 0.6) is 0 Å². The number of nitrogens with one attached hydrogen (secondary N) is 2. The maximum atomic E-state index is 3.56. The zero-order chi connectivity index (χ0) is 17.0. The number of piperazine rings is 1. The van der Waals surface area contributed by atoms with Crippen molar-refractivity contribution in [1.29, 1.82) is 0 Å². The van der Waals surface area contributed by atoms with Crippen molar-refractivity contribution in [2.45, 2.75) is 65.0 Å². The second-order valence-corrected chi connectivity index (χ2v) is 6.83. The molecule has 0 aromatic heterocycles. The standard InChI is InChI=1S/C9H22N2.C7H14N2.C2H6/c1-9(2)11(4)8-6-5-7-10-3;1-9-5-4-8-7(6-9)2-3-7;1-2/h9-10H,5-8H2,1-4H3;8H,2-6H2,1H3;1-2H3. The molecule has 0 amide bonds. The molecule has 4 heteroatoms. The van der Waals surface area contributed by atoms with Gasteiger partial charge in [0, 0.05) is 31.2 Å². The van der Waals surface area contributed by atoms with E-state index in [2.05, 4.69) is 48.4 Å². The Balaban J connectivity index is 0.000000363. The molecular formula is C18H42N4. The van der Waals surface area contributed by atoms with Crippen molar-refractivity contribution in [3.05, 3.63) is 0 Å². The topological polar surface area (TPSA) is 30.5 Å². The van der Waals surface area contributed by atoms with Crippen LogP contribution in [0.3, 0.4) is 0 Å². The molecule has 1 heterocycles. The van der Waals surface area contributed by atoms with Gasteiger partial charge in [-0.3, -0.25) is 0 Å². The number of likely N-dealkylation sites (N-methyl/N-ethyl adjacent to an activating group) is 1. The minimum atomic E-state index is 0.576. The molecule has 2 N–H and O–H groups in total. The zero-order valence-corrected chi connectivity index (χ0v) is 16.3. The van der Waals surface area contributed by atoms with Gasteiger partial charge in [-0.25, -0.2) is 0 Å². The fraction of sp³-hybridized carbons (Fsp3) is 1.00. The van der Waals surface area contributed by atoms with E-state index in [0.29, 0.717) is 11.6 Å². The number of hydrogen-bond donors (Lipinski definition) is 2. The molecule has 22 heavy (non-hydrogen) atoms. The van der Waals surface area contributed by atoms with Crippen molar-refractivity contribution in [2.24, 2.45) is 0 Å². The van der Waals surface area contributed by atoms with E-state index in [0.717, 1.165) is 6.54 Å². The summed E-state index contributed by atoms with van der Waals surface area (Å²) in [5.41, 5.74) is 0.576. The van der Waals surface area contributed by atoms with Gasteiger partial charge < -0.3 is 20.4 Å². The van der Waals surface area contributed by atoms with E-state index in [1.54, 1.807) is 0 Å². The third-order valence-corrected chi connectivity index (χ3v) is 4.49. The average Bonchev–Trinajstić information content (AvgIpc) is 3.24. The molecule has 2 rings (SSSR count). The van der Waals surface area contributed by atoms with Crippen molar-refractivity contribution in [3.8, 4) is 0 Å². The van der Waals surface area contributed by atoms with Crippen molar-refractivity contribution in [2.75, 3.05) is 53.9 Å². The van der Waals surface area contributed by atoms with E-state index >= 15 is 0 Å². The van der Waals surface area contributed by atoms with Crippen molar-refractivity contribution in [1.82, 2.24) is 20.4 Å². The molecule has 2 fully saturated rings. The van der Waals surface area contributed by atoms with Gasteiger partial charge in [0.15, 0.2) is 0 Å². The van der Waals surface area contributed by atoms with Crippen LogP contribution in [0.2, 0.25) is 0 Å². The summed E-state index contributed by atoms with van der Waals surface area (Å²) in [6, 6.07) is 0.685. The summed E-state index contributed by atoms with van der Waals surface area (Å²) in [5.74, 6) is 0. The van der Waals surface area contributed by atoms with E-state index in [1.807, 2.05) is 20.9 Å². The molecule has 1 aliphatic heterocycles. The van der Waals surface area contributed by atoms with E-state index in [9.17, 15) is 0 Å². The molecule has 0 atom stereocenters. The summed E-state index contributed by atoms with van der Waals surface area (Å²) in [5, 5.41) is 6.71. The van der Waals surface area contributed by atoms with Crippen LogP contribution >= 0.6 is 0 Å². The Morgan fingerprint density at radius 3 is 2.27 bits per heavy atom. The molecule has 0 unspecified atom stereocenters. The molecule has 0 aromatic carbocycles. The molecule has 4 nitrogen and oxygen atoms in total. The van der Waals surface area contributed by atoms with Gasteiger partial charge in [0.25, 0.3) is 0 Å². The number of rotatable bonds is 6. The minimum Gasteiger partial charge on any atom is -0.320 e. The maximum Gasteiger partial charge on any atom is 0.0310 e. The molecule has 0 bridgehead atoms. The molecule has 134 valence electrons. The number of hydrogen-bond acceptors (Lipinski definition) is 4. The van der Waals surface area contributed by atoms with Gasteiger partial charge in [-0.05, 0) is 73.8 Å². The van der Waals surface area contributed by atoms with Gasteiger partial charge in [-0.15, -0.1) is 0 Å². The molecule has 2 aliphatic rings. The van der Waals surface area contributed by atoms with E-state index in [1.165, 1.54) is 51.9 Å². The van der Waals surface area contributed by atoms with Crippen LogP contribution in [-0.4, -0.2) is 75.2 Å². The van der Waals surface area contributed by atoms with Gasteiger partial charge in [0.05, 0.1) is 0 Å². The fourth-order valence-corrected chi connectivity index (χ4v) is 2.57. The van der Waals surface area contributed by atoms with Crippen LogP contribution in [-0.2, 0) is 0 Å². The van der Waals surface area contributed by atoms with Gasteiger partial charge in [0.1, 0.15) is 0 Å². The van der Waals surface area contributed by atoms with Crippen LogP contribution < -0.4 is 10.6 Å². The Labute approximate surface area is 140 Å². The number of unbranched alkanes of at least 4 members (excludes halogenated alkanes) is 1. The lowest BCUT2D eigenvalue weighted by molar-refractivity contribution is 0.227. The normalized spacial score (nSPS) is 19.5. The highest BCUT2D eigenvalue weighted by atomic mass is 15.2. The van der Waals surface area contributed by atoms with E-state index in [-0.39, 0.29) is 0 Å². The Bertz CT molecular complexity index is 251. The Kier molecular flexibility index (Phi) is 12.2. The first kappa shape index (κ1) is 21.8. The Morgan fingerprint density at radius 2 is 1.86 bits per heavy atom. The van der Waals surface area contributed by atoms with Gasteiger partial charge in [0.2, 0.25) is 0 Å². The van der Waals surface area contributed by atoms with Crippen LogP contribution in [0.15, 0.2) is 0 Å². The molecule has 1 saturated heterocycles. The van der Waals surface area contributed by atoms with Crippen LogP contribution in [0.4, 0.5) is 0 Å². The summed E-state index contributed by atoms with van der Waals surface area (Å²) < 4.78 is 0. The van der Waals surface area contributed by atoms with Gasteiger partial charge in [-0.2, -0.15) is 0 Å². The summed E-state index contributed by atoms with van der Waals surface area (Å²) in [6.07, 6.45) is 5.39. The Morgan fingerprint density at radius 1 is 1.23 bits per heavy atom. The van der Waals surface area contributed by atoms with Crippen molar-refractivity contribution >= 4 is 0 Å². The maximum absolute atomic E-state index is 3.56. The lowest BCUT2D eigenvalue weighted by Gasteiger charge is -2.30. The lowest BCUT2D eigenvalue weighted by Crippen LogP contribution is -2.50. The smallest absolute Gasteiger partial charge is 0.0310 e. The number of nitrogens with zero attached hydrogens (tertiary/aromatic N) is 2. The molecule has 1 saturated carbocycles. The third kappa shape index (κ3) is 9.78. The van der Waals surface area contributed by atoms with Gasteiger partial charge in [-0.1, -0.05) is 13.8 Å². The van der Waals surface area contributed by atoms with Crippen LogP contribution in [0.25, 0.3) is 0 Å². The van der Waals surface area contributed by atoms with Crippen LogP contribution in [0, 0.1) is 0 Å². The highest BCUT2D eigenvalue weighted by molar-refractivity contribution is 5.05. The fourth-order valence-electron chi connectivity index (χ4n) is 2.57. The first-order valence-electron chi connectivity index (χ1n) is 9.27. The quantitative estimate of drug-likeness (QED) is 0.737. The average molecular weight is 315 g/mol.